The maximum Gasteiger partial charge on any atom is 0.485 e. The Hall–Kier alpha value is -0.193. The lowest BCUT2D eigenvalue weighted by Gasteiger charge is -2.36. The van der Waals surface area contributed by atoms with Crippen LogP contribution in [-0.4, -0.2) is 44.6 Å². The second-order valence-corrected chi connectivity index (χ2v) is 15.8. The third-order valence-corrected chi connectivity index (χ3v) is 10.7. The molecule has 0 spiro atoms. The summed E-state index contributed by atoms with van der Waals surface area (Å²) in [5.41, 5.74) is -5.65. The van der Waals surface area contributed by atoms with Crippen molar-refractivity contribution in [2.75, 3.05) is 12.5 Å². The van der Waals surface area contributed by atoms with Crippen LogP contribution in [0.25, 0.3) is 0 Å². The van der Waals surface area contributed by atoms with Crippen LogP contribution in [0.15, 0.2) is 11.8 Å². The van der Waals surface area contributed by atoms with Gasteiger partial charge in [0, 0.05) is 18.9 Å². The molecule has 0 N–H and O–H groups in total. The molecule has 144 valence electrons. The molecule has 0 bridgehead atoms. The SMILES string of the molecule is C[S+](C)C1C=C(O[Si](C)(C)C(C)(C)C)CC1.O=S(=O)([O-])C(F)(F)F. The van der Waals surface area contributed by atoms with Gasteiger partial charge >= 0.3 is 5.51 Å². The highest BCUT2D eigenvalue weighted by Crippen LogP contribution is 2.39. The van der Waals surface area contributed by atoms with Gasteiger partial charge in [-0.05, 0) is 29.0 Å². The van der Waals surface area contributed by atoms with E-state index in [9.17, 15) is 13.2 Å². The fourth-order valence-corrected chi connectivity index (χ4v) is 3.74. The molecule has 0 aromatic rings. The van der Waals surface area contributed by atoms with Gasteiger partial charge in [0.15, 0.2) is 10.1 Å². The molecule has 1 unspecified atom stereocenters. The lowest BCUT2D eigenvalue weighted by atomic mass is 10.2. The van der Waals surface area contributed by atoms with Crippen LogP contribution in [0.1, 0.15) is 33.6 Å². The third kappa shape index (κ3) is 7.36. The molecule has 0 heterocycles. The molecule has 0 fully saturated rings. The van der Waals surface area contributed by atoms with Crippen molar-refractivity contribution in [1.29, 1.82) is 0 Å². The molecule has 0 amide bonds. The molecule has 0 aromatic heterocycles. The Bertz CT molecular complexity index is 549. The molecule has 0 aromatic carbocycles. The van der Waals surface area contributed by atoms with E-state index in [1.54, 1.807) is 0 Å². The molecule has 0 saturated carbocycles. The number of hydrogen-bond donors (Lipinski definition) is 0. The zero-order valence-electron chi connectivity index (χ0n) is 15.2. The molecular formula is C14H27F3O4S2Si. The van der Waals surface area contributed by atoms with Gasteiger partial charge in [-0.2, -0.15) is 13.2 Å². The number of alkyl halides is 3. The summed E-state index contributed by atoms with van der Waals surface area (Å²) in [7, 11) is -7.19. The fourth-order valence-electron chi connectivity index (χ4n) is 1.60. The normalized spacial score (nSPS) is 19.7. The summed E-state index contributed by atoms with van der Waals surface area (Å²) in [5.74, 6) is 1.28. The summed E-state index contributed by atoms with van der Waals surface area (Å²) in [5, 5.41) is 1.08. The highest BCUT2D eigenvalue weighted by atomic mass is 32.2. The molecule has 1 atom stereocenters. The molecule has 0 aliphatic heterocycles. The monoisotopic (exact) mass is 408 g/mol. The largest absolute Gasteiger partial charge is 0.741 e. The smallest absolute Gasteiger partial charge is 0.485 e. The number of halogens is 3. The summed E-state index contributed by atoms with van der Waals surface area (Å²) in [4.78, 5) is 0. The molecule has 1 rings (SSSR count). The molecule has 10 heteroatoms. The summed E-state index contributed by atoms with van der Waals surface area (Å²) in [6.45, 7) is 11.6. The van der Waals surface area contributed by atoms with E-state index in [0.29, 0.717) is 15.9 Å². The number of hydrogen-bond acceptors (Lipinski definition) is 4. The Labute approximate surface area is 147 Å². The average molecular weight is 409 g/mol. The molecule has 1 aliphatic rings. The Kier molecular flexibility index (Phi) is 7.94. The first-order valence-electron chi connectivity index (χ1n) is 7.37. The van der Waals surface area contributed by atoms with E-state index in [0.717, 1.165) is 11.7 Å². The molecule has 0 radical (unpaired) electrons. The fraction of sp³-hybridized carbons (Fsp3) is 0.857. The van der Waals surface area contributed by atoms with E-state index in [1.165, 1.54) is 12.2 Å². The highest BCUT2D eigenvalue weighted by molar-refractivity contribution is 7.96. The van der Waals surface area contributed by atoms with Crippen molar-refractivity contribution >= 4 is 29.3 Å². The summed E-state index contributed by atoms with van der Waals surface area (Å²) in [6, 6.07) is 0. The standard InChI is InChI=1S/C13H27OSSi.CHF3O3S/c1-13(2,3)16(6,7)14-11-8-9-12(10-11)15(4)5;2-1(3,4)8(5,6)7/h10,12H,8-9H2,1-7H3;(H,5,6,7)/q+1;/p-1. The number of rotatable bonds is 3. The Balaban J connectivity index is 0.000000561. The van der Waals surface area contributed by atoms with E-state index in [-0.39, 0.29) is 0 Å². The Morgan fingerprint density at radius 2 is 1.67 bits per heavy atom. The van der Waals surface area contributed by atoms with Crippen LogP contribution in [0.4, 0.5) is 13.2 Å². The zero-order valence-corrected chi connectivity index (χ0v) is 17.8. The first-order valence-corrected chi connectivity index (χ1v) is 13.8. The minimum absolute atomic E-state index is 0.312. The maximum absolute atomic E-state index is 10.7. The molecular weight excluding hydrogens is 381 g/mol. The van der Waals surface area contributed by atoms with Gasteiger partial charge < -0.3 is 8.98 Å². The van der Waals surface area contributed by atoms with Gasteiger partial charge in [-0.3, -0.25) is 0 Å². The van der Waals surface area contributed by atoms with Crippen LogP contribution in [0.5, 0.6) is 0 Å². The van der Waals surface area contributed by atoms with Crippen molar-refractivity contribution < 1.29 is 30.6 Å². The zero-order chi connectivity index (χ0) is 19.6. The van der Waals surface area contributed by atoms with Crippen molar-refractivity contribution in [1.82, 2.24) is 0 Å². The van der Waals surface area contributed by atoms with Crippen molar-refractivity contribution in [3.8, 4) is 0 Å². The maximum atomic E-state index is 10.7. The summed E-state index contributed by atoms with van der Waals surface area (Å²) >= 11 is 0. The minimum atomic E-state index is -6.09. The predicted molar refractivity (Wildman–Crippen MR) is 94.4 cm³/mol. The molecule has 0 saturated heterocycles. The Morgan fingerprint density at radius 3 is 1.92 bits per heavy atom. The van der Waals surface area contributed by atoms with Gasteiger partial charge in [0.25, 0.3) is 0 Å². The van der Waals surface area contributed by atoms with Gasteiger partial charge in [0.1, 0.15) is 5.25 Å². The van der Waals surface area contributed by atoms with Crippen molar-refractivity contribution in [2.45, 2.75) is 62.5 Å². The van der Waals surface area contributed by atoms with Crippen molar-refractivity contribution in [3.05, 3.63) is 11.8 Å². The van der Waals surface area contributed by atoms with Crippen LogP contribution in [0.3, 0.4) is 0 Å². The average Bonchev–Trinajstić information content (AvgIpc) is 2.73. The molecule has 24 heavy (non-hydrogen) atoms. The van der Waals surface area contributed by atoms with Crippen LogP contribution in [-0.2, 0) is 25.4 Å². The van der Waals surface area contributed by atoms with Crippen LogP contribution in [0.2, 0.25) is 18.1 Å². The van der Waals surface area contributed by atoms with Gasteiger partial charge in [0.05, 0.1) is 18.3 Å². The molecule has 4 nitrogen and oxygen atoms in total. The van der Waals surface area contributed by atoms with E-state index in [1.807, 2.05) is 0 Å². The first-order chi connectivity index (χ1) is 10.4. The first kappa shape index (κ1) is 23.8. The lowest BCUT2D eigenvalue weighted by Crippen LogP contribution is -2.40. The third-order valence-electron chi connectivity index (χ3n) is 4.13. The Morgan fingerprint density at radius 1 is 1.25 bits per heavy atom. The number of allylic oxidation sites excluding steroid dienone is 1. The minimum Gasteiger partial charge on any atom is -0.741 e. The van der Waals surface area contributed by atoms with E-state index in [4.69, 9.17) is 17.4 Å². The highest BCUT2D eigenvalue weighted by Gasteiger charge is 2.40. The van der Waals surface area contributed by atoms with E-state index >= 15 is 0 Å². The van der Waals surface area contributed by atoms with Gasteiger partial charge in [0.2, 0.25) is 8.32 Å². The van der Waals surface area contributed by atoms with Crippen molar-refractivity contribution in [3.63, 3.8) is 0 Å². The second kappa shape index (κ2) is 8.01. The van der Waals surface area contributed by atoms with E-state index in [2.05, 4.69) is 52.5 Å². The van der Waals surface area contributed by atoms with E-state index < -0.39 is 23.9 Å². The van der Waals surface area contributed by atoms with Gasteiger partial charge in [-0.25, -0.2) is 8.42 Å². The summed E-state index contributed by atoms with van der Waals surface area (Å²) in [6.07, 6.45) is 9.50. The van der Waals surface area contributed by atoms with Crippen LogP contribution >= 0.6 is 0 Å². The predicted octanol–water partition coefficient (Wildman–Crippen LogP) is 3.98. The van der Waals surface area contributed by atoms with Crippen molar-refractivity contribution in [2.24, 2.45) is 0 Å². The van der Waals surface area contributed by atoms with Crippen LogP contribution in [0, 0.1) is 0 Å². The van der Waals surface area contributed by atoms with Gasteiger partial charge in [-0.1, -0.05) is 20.8 Å². The molecule has 1 aliphatic carbocycles. The second-order valence-electron chi connectivity index (χ2n) is 7.35. The quantitative estimate of drug-likeness (QED) is 0.307. The van der Waals surface area contributed by atoms with Crippen LogP contribution < -0.4 is 0 Å². The lowest BCUT2D eigenvalue weighted by molar-refractivity contribution is -0.0517. The van der Waals surface area contributed by atoms with Gasteiger partial charge in [-0.15, -0.1) is 0 Å². The topological polar surface area (TPSA) is 66.4 Å². The summed E-state index contributed by atoms with van der Waals surface area (Å²) < 4.78 is 65.3.